The summed E-state index contributed by atoms with van der Waals surface area (Å²) in [5, 5.41) is 2.91. The Labute approximate surface area is 131 Å². The van der Waals surface area contributed by atoms with Gasteiger partial charge in [-0.15, -0.1) is 0 Å². The van der Waals surface area contributed by atoms with Gasteiger partial charge >= 0.3 is 6.03 Å². The number of hydrogen-bond donors (Lipinski definition) is 2. The number of urea groups is 1. The average molecular weight is 307 g/mol. The van der Waals surface area contributed by atoms with Gasteiger partial charge < -0.3 is 25.4 Å². The molecule has 2 rings (SSSR count). The summed E-state index contributed by atoms with van der Waals surface area (Å²) < 4.78 is 10.9. The number of amides is 2. The lowest BCUT2D eigenvalue weighted by molar-refractivity contribution is 0.110. The Morgan fingerprint density at radius 1 is 1.41 bits per heavy atom. The highest BCUT2D eigenvalue weighted by Gasteiger charge is 2.21. The number of para-hydroxylation sites is 2. The number of piperidine rings is 1. The third-order valence-corrected chi connectivity index (χ3v) is 3.56. The van der Waals surface area contributed by atoms with Crippen molar-refractivity contribution in [3.05, 3.63) is 24.3 Å². The molecule has 3 N–H and O–H groups in total. The fraction of sp³-hybridized carbons (Fsp3) is 0.562. The Balaban J connectivity index is 1.92. The SMILES string of the molecule is CCOCCOc1ccccc1NC(=O)N1CCC[C@H](N)C1. The van der Waals surface area contributed by atoms with Crippen molar-refractivity contribution in [3.8, 4) is 5.75 Å². The maximum atomic E-state index is 12.3. The lowest BCUT2D eigenvalue weighted by Gasteiger charge is -2.30. The predicted molar refractivity (Wildman–Crippen MR) is 86.2 cm³/mol. The summed E-state index contributed by atoms with van der Waals surface area (Å²) in [6.45, 7) is 4.93. The molecule has 1 atom stereocenters. The molecule has 0 aliphatic carbocycles. The number of carbonyl (C=O) groups excluding carboxylic acids is 1. The van der Waals surface area contributed by atoms with Gasteiger partial charge in [-0.3, -0.25) is 0 Å². The molecule has 6 heteroatoms. The van der Waals surface area contributed by atoms with Gasteiger partial charge in [0.05, 0.1) is 12.3 Å². The van der Waals surface area contributed by atoms with Gasteiger partial charge in [0.2, 0.25) is 0 Å². The quantitative estimate of drug-likeness (QED) is 0.789. The topological polar surface area (TPSA) is 76.8 Å². The summed E-state index contributed by atoms with van der Waals surface area (Å²) in [5.41, 5.74) is 6.59. The molecule has 1 aliphatic rings. The Bertz CT molecular complexity index is 481. The first kappa shape index (κ1) is 16.6. The number of hydrogen-bond acceptors (Lipinski definition) is 4. The minimum atomic E-state index is -0.129. The lowest BCUT2D eigenvalue weighted by atomic mass is 10.1. The van der Waals surface area contributed by atoms with Gasteiger partial charge in [-0.25, -0.2) is 4.79 Å². The van der Waals surface area contributed by atoms with Crippen LogP contribution in [0.3, 0.4) is 0 Å². The van der Waals surface area contributed by atoms with Crippen LogP contribution in [0.5, 0.6) is 5.75 Å². The van der Waals surface area contributed by atoms with E-state index in [0.717, 1.165) is 19.4 Å². The highest BCUT2D eigenvalue weighted by Crippen LogP contribution is 2.24. The highest BCUT2D eigenvalue weighted by atomic mass is 16.5. The number of carbonyl (C=O) groups is 1. The van der Waals surface area contributed by atoms with Gasteiger partial charge in [-0.2, -0.15) is 0 Å². The third-order valence-electron chi connectivity index (χ3n) is 3.56. The van der Waals surface area contributed by atoms with E-state index in [1.54, 1.807) is 4.90 Å². The van der Waals surface area contributed by atoms with E-state index < -0.39 is 0 Å². The lowest BCUT2D eigenvalue weighted by Crippen LogP contribution is -2.47. The first-order valence-corrected chi connectivity index (χ1v) is 7.81. The maximum Gasteiger partial charge on any atom is 0.322 e. The number of nitrogens with zero attached hydrogens (tertiary/aromatic N) is 1. The second kappa shape index (κ2) is 8.60. The molecule has 1 heterocycles. The van der Waals surface area contributed by atoms with Crippen LogP contribution in [0, 0.1) is 0 Å². The number of rotatable bonds is 6. The molecule has 1 aromatic rings. The molecule has 0 aromatic heterocycles. The van der Waals surface area contributed by atoms with Crippen molar-refractivity contribution < 1.29 is 14.3 Å². The van der Waals surface area contributed by atoms with Gasteiger partial charge in [0, 0.05) is 25.7 Å². The number of ether oxygens (including phenoxy) is 2. The van der Waals surface area contributed by atoms with E-state index >= 15 is 0 Å². The van der Waals surface area contributed by atoms with E-state index in [1.807, 2.05) is 31.2 Å². The van der Waals surface area contributed by atoms with Crippen molar-refractivity contribution >= 4 is 11.7 Å². The molecule has 0 saturated carbocycles. The number of anilines is 1. The molecule has 0 radical (unpaired) electrons. The summed E-state index contributed by atoms with van der Waals surface area (Å²) in [7, 11) is 0. The fourth-order valence-corrected chi connectivity index (χ4v) is 2.44. The third kappa shape index (κ3) is 4.89. The van der Waals surface area contributed by atoms with Crippen molar-refractivity contribution in [2.75, 3.05) is 38.2 Å². The van der Waals surface area contributed by atoms with Gasteiger partial charge in [0.25, 0.3) is 0 Å². The average Bonchev–Trinajstić information content (AvgIpc) is 2.53. The second-order valence-corrected chi connectivity index (χ2v) is 5.32. The van der Waals surface area contributed by atoms with Crippen LogP contribution < -0.4 is 15.8 Å². The van der Waals surface area contributed by atoms with Gasteiger partial charge in [0.15, 0.2) is 0 Å². The van der Waals surface area contributed by atoms with Crippen molar-refractivity contribution in [1.29, 1.82) is 0 Å². The Morgan fingerprint density at radius 2 is 2.23 bits per heavy atom. The molecule has 0 bridgehead atoms. The number of nitrogens with two attached hydrogens (primary N) is 1. The minimum absolute atomic E-state index is 0.0668. The van der Waals surface area contributed by atoms with Crippen molar-refractivity contribution in [2.24, 2.45) is 5.73 Å². The van der Waals surface area contributed by atoms with E-state index in [9.17, 15) is 4.79 Å². The van der Waals surface area contributed by atoms with Gasteiger partial charge in [-0.05, 0) is 31.9 Å². The standard InChI is InChI=1S/C16H25N3O3/c1-2-21-10-11-22-15-8-4-3-7-14(15)18-16(20)19-9-5-6-13(17)12-19/h3-4,7-8,13H,2,5-6,9-12,17H2,1H3,(H,18,20)/t13-/m0/s1. The molecule has 6 nitrogen and oxygen atoms in total. The molecular weight excluding hydrogens is 282 g/mol. The largest absolute Gasteiger partial charge is 0.489 e. The van der Waals surface area contributed by atoms with Crippen LogP contribution in [0.25, 0.3) is 0 Å². The first-order chi connectivity index (χ1) is 10.7. The van der Waals surface area contributed by atoms with E-state index in [0.29, 0.717) is 37.8 Å². The van der Waals surface area contributed by atoms with E-state index in [4.69, 9.17) is 15.2 Å². The van der Waals surface area contributed by atoms with Crippen LogP contribution >= 0.6 is 0 Å². The summed E-state index contributed by atoms with van der Waals surface area (Å²) in [4.78, 5) is 14.1. The molecule has 1 aromatic carbocycles. The van der Waals surface area contributed by atoms with Crippen molar-refractivity contribution in [3.63, 3.8) is 0 Å². The van der Waals surface area contributed by atoms with Gasteiger partial charge in [0.1, 0.15) is 12.4 Å². The molecular formula is C16H25N3O3. The molecule has 1 aliphatic heterocycles. The summed E-state index contributed by atoms with van der Waals surface area (Å²) in [6, 6.07) is 7.35. The summed E-state index contributed by atoms with van der Waals surface area (Å²) >= 11 is 0. The molecule has 0 spiro atoms. The smallest absolute Gasteiger partial charge is 0.322 e. The van der Waals surface area contributed by atoms with E-state index in [1.165, 1.54) is 0 Å². The molecule has 22 heavy (non-hydrogen) atoms. The minimum Gasteiger partial charge on any atom is -0.489 e. The predicted octanol–water partition coefficient (Wildman–Crippen LogP) is 2.06. The van der Waals surface area contributed by atoms with Crippen LogP contribution in [0.1, 0.15) is 19.8 Å². The summed E-state index contributed by atoms with van der Waals surface area (Å²) in [6.07, 6.45) is 1.92. The van der Waals surface area contributed by atoms with Gasteiger partial charge in [-0.1, -0.05) is 12.1 Å². The van der Waals surface area contributed by atoms with Crippen LogP contribution in [0.4, 0.5) is 10.5 Å². The van der Waals surface area contributed by atoms with Crippen molar-refractivity contribution in [2.45, 2.75) is 25.8 Å². The first-order valence-electron chi connectivity index (χ1n) is 7.81. The van der Waals surface area contributed by atoms with Crippen LogP contribution in [0.2, 0.25) is 0 Å². The Morgan fingerprint density at radius 3 is 3.00 bits per heavy atom. The zero-order chi connectivity index (χ0) is 15.8. The number of benzene rings is 1. The number of nitrogens with one attached hydrogen (secondary N) is 1. The molecule has 0 unspecified atom stereocenters. The monoisotopic (exact) mass is 307 g/mol. The van der Waals surface area contributed by atoms with Crippen LogP contribution in [0.15, 0.2) is 24.3 Å². The van der Waals surface area contributed by atoms with E-state index in [2.05, 4.69) is 5.32 Å². The molecule has 1 fully saturated rings. The molecule has 1 saturated heterocycles. The number of likely N-dealkylation sites (tertiary alicyclic amines) is 1. The Hall–Kier alpha value is -1.79. The molecule has 2 amide bonds. The maximum absolute atomic E-state index is 12.3. The van der Waals surface area contributed by atoms with Crippen LogP contribution in [-0.2, 0) is 4.74 Å². The molecule has 122 valence electrons. The van der Waals surface area contributed by atoms with Crippen molar-refractivity contribution in [1.82, 2.24) is 4.90 Å². The van der Waals surface area contributed by atoms with E-state index in [-0.39, 0.29) is 12.1 Å². The summed E-state index contributed by atoms with van der Waals surface area (Å²) in [5.74, 6) is 0.650. The normalized spacial score (nSPS) is 18.1. The van der Waals surface area contributed by atoms with Crippen LogP contribution in [-0.4, -0.2) is 49.9 Å². The zero-order valence-corrected chi connectivity index (χ0v) is 13.1. The highest BCUT2D eigenvalue weighted by molar-refractivity contribution is 5.91. The second-order valence-electron chi connectivity index (χ2n) is 5.32. The Kier molecular flexibility index (Phi) is 6.48. The zero-order valence-electron chi connectivity index (χ0n) is 13.1. The fourth-order valence-electron chi connectivity index (χ4n) is 2.44.